The summed E-state index contributed by atoms with van der Waals surface area (Å²) in [5.41, 5.74) is -0.297. The van der Waals surface area contributed by atoms with E-state index >= 15 is 0 Å². The van der Waals surface area contributed by atoms with Crippen LogP contribution in [-0.4, -0.2) is 37.2 Å². The number of unbranched alkanes of at least 4 members (excludes halogenated alkanes) is 1. The van der Waals surface area contributed by atoms with Crippen LogP contribution in [0.2, 0.25) is 0 Å². The Bertz CT molecular complexity index is 510. The highest BCUT2D eigenvalue weighted by atomic mass is 79.9. The number of hydrogen-bond acceptors (Lipinski definition) is 4. The van der Waals surface area contributed by atoms with Crippen molar-refractivity contribution in [3.05, 3.63) is 22.4 Å². The summed E-state index contributed by atoms with van der Waals surface area (Å²) < 4.78 is 25.5. The third-order valence-electron chi connectivity index (χ3n) is 3.58. The van der Waals surface area contributed by atoms with E-state index in [1.54, 1.807) is 31.9 Å². The van der Waals surface area contributed by atoms with Crippen molar-refractivity contribution in [2.45, 2.75) is 38.5 Å². The smallest absolute Gasteiger partial charge is 0.179 e. The lowest BCUT2D eigenvalue weighted by molar-refractivity contribution is -0.0429. The van der Waals surface area contributed by atoms with E-state index in [1.807, 2.05) is 0 Å². The monoisotopic (exact) mass is 361 g/mol. The van der Waals surface area contributed by atoms with Crippen LogP contribution in [0.25, 0.3) is 0 Å². The molecule has 0 saturated carbocycles. The van der Waals surface area contributed by atoms with E-state index in [0.717, 1.165) is 12.8 Å². The molecule has 2 rings (SSSR count). The number of rotatable bonds is 5. The third kappa shape index (κ3) is 3.49. The molecular formula is C15H21BrFNO3. The maximum absolute atomic E-state index is 14.1. The van der Waals surface area contributed by atoms with Crippen LogP contribution in [-0.2, 0) is 4.74 Å². The summed E-state index contributed by atoms with van der Waals surface area (Å²) in [6, 6.07) is 3.14. The lowest BCUT2D eigenvalue weighted by Crippen LogP contribution is -2.56. The number of anilines is 1. The molecule has 0 radical (unpaired) electrons. The summed E-state index contributed by atoms with van der Waals surface area (Å²) in [5, 5.41) is 10.5. The summed E-state index contributed by atoms with van der Waals surface area (Å²) in [7, 11) is 1.66. The molecule has 0 bridgehead atoms. The summed E-state index contributed by atoms with van der Waals surface area (Å²) in [5.74, 6) is -0.235. The van der Waals surface area contributed by atoms with Gasteiger partial charge in [0, 0.05) is 24.7 Å². The molecule has 118 valence electrons. The molecule has 1 heterocycles. The second-order valence-corrected chi connectivity index (χ2v) is 6.62. The predicted molar refractivity (Wildman–Crippen MR) is 83.3 cm³/mol. The minimum absolute atomic E-state index is 0.195. The van der Waals surface area contributed by atoms with Crippen LogP contribution in [0.15, 0.2) is 16.6 Å². The first-order chi connectivity index (χ1) is 9.86. The first-order valence-corrected chi connectivity index (χ1v) is 7.78. The normalized spacial score (nSPS) is 20.1. The van der Waals surface area contributed by atoms with Crippen molar-refractivity contribution in [3.63, 3.8) is 0 Å². The Kier molecular flexibility index (Phi) is 5.11. The van der Waals surface area contributed by atoms with Gasteiger partial charge in [0.25, 0.3) is 0 Å². The number of aliphatic hydroxyl groups is 1. The molecule has 0 aromatic heterocycles. The Morgan fingerprint density at radius 3 is 2.81 bits per heavy atom. The summed E-state index contributed by atoms with van der Waals surface area (Å²) in [6.45, 7) is 4.79. The Morgan fingerprint density at radius 1 is 1.43 bits per heavy atom. The van der Waals surface area contributed by atoms with Crippen molar-refractivity contribution in [2.75, 3.05) is 25.2 Å². The van der Waals surface area contributed by atoms with Gasteiger partial charge in [-0.1, -0.05) is 15.9 Å². The molecule has 4 nitrogen and oxygen atoms in total. The number of hydrogen-bond donors (Lipinski definition) is 1. The molecule has 1 aliphatic heterocycles. The lowest BCUT2D eigenvalue weighted by Gasteiger charge is -2.45. The van der Waals surface area contributed by atoms with Crippen LogP contribution in [0.5, 0.6) is 5.75 Å². The largest absolute Gasteiger partial charge is 0.478 e. The zero-order valence-electron chi connectivity index (χ0n) is 12.5. The fourth-order valence-electron chi connectivity index (χ4n) is 2.46. The molecule has 1 atom stereocenters. The minimum Gasteiger partial charge on any atom is -0.478 e. The van der Waals surface area contributed by atoms with Gasteiger partial charge in [-0.3, -0.25) is 0 Å². The van der Waals surface area contributed by atoms with Gasteiger partial charge in [-0.25, -0.2) is 4.39 Å². The molecule has 0 spiro atoms. The Morgan fingerprint density at radius 2 is 2.14 bits per heavy atom. The number of ether oxygens (including phenoxy) is 2. The molecule has 1 aliphatic rings. The topological polar surface area (TPSA) is 41.9 Å². The summed E-state index contributed by atoms with van der Waals surface area (Å²) in [4.78, 5) is 1.79. The second kappa shape index (κ2) is 6.50. The van der Waals surface area contributed by atoms with Crippen molar-refractivity contribution < 1.29 is 19.0 Å². The minimum atomic E-state index is -0.872. The van der Waals surface area contributed by atoms with Gasteiger partial charge < -0.3 is 19.5 Å². The van der Waals surface area contributed by atoms with Gasteiger partial charge in [0.05, 0.1) is 5.69 Å². The molecule has 0 amide bonds. The van der Waals surface area contributed by atoms with Crippen LogP contribution >= 0.6 is 15.9 Å². The first kappa shape index (κ1) is 16.5. The van der Waals surface area contributed by atoms with E-state index in [0.29, 0.717) is 23.3 Å². The number of aliphatic hydroxyl groups excluding tert-OH is 1. The molecule has 21 heavy (non-hydrogen) atoms. The number of halogens is 2. The van der Waals surface area contributed by atoms with E-state index < -0.39 is 17.6 Å². The Hall–Kier alpha value is -0.850. The van der Waals surface area contributed by atoms with Crippen LogP contribution in [0.1, 0.15) is 26.7 Å². The number of methoxy groups -OCH3 is 1. The molecule has 1 N–H and O–H groups in total. The molecule has 0 saturated heterocycles. The molecule has 1 unspecified atom stereocenters. The van der Waals surface area contributed by atoms with E-state index in [9.17, 15) is 9.50 Å². The van der Waals surface area contributed by atoms with Gasteiger partial charge in [0.1, 0.15) is 5.60 Å². The highest BCUT2D eigenvalue weighted by Gasteiger charge is 2.42. The van der Waals surface area contributed by atoms with Gasteiger partial charge in [0.2, 0.25) is 0 Å². The fourth-order valence-corrected chi connectivity index (χ4v) is 2.87. The van der Waals surface area contributed by atoms with Gasteiger partial charge in [-0.05, 0) is 38.8 Å². The van der Waals surface area contributed by atoms with Crippen molar-refractivity contribution in [1.29, 1.82) is 0 Å². The molecule has 6 heteroatoms. The lowest BCUT2D eigenvalue weighted by atomic mass is 10.0. The Balaban J connectivity index is 2.30. The zero-order valence-corrected chi connectivity index (χ0v) is 14.1. The van der Waals surface area contributed by atoms with Crippen molar-refractivity contribution in [3.8, 4) is 5.75 Å². The van der Waals surface area contributed by atoms with Gasteiger partial charge in [0.15, 0.2) is 17.8 Å². The van der Waals surface area contributed by atoms with Gasteiger partial charge in [-0.15, -0.1) is 0 Å². The summed E-state index contributed by atoms with van der Waals surface area (Å²) >= 11 is 3.29. The highest BCUT2D eigenvalue weighted by Crippen LogP contribution is 2.43. The first-order valence-electron chi connectivity index (χ1n) is 6.98. The van der Waals surface area contributed by atoms with Crippen molar-refractivity contribution >= 4 is 21.6 Å². The van der Waals surface area contributed by atoms with Crippen molar-refractivity contribution in [1.82, 2.24) is 0 Å². The quantitative estimate of drug-likeness (QED) is 0.817. The zero-order chi connectivity index (χ0) is 15.6. The maximum Gasteiger partial charge on any atom is 0.179 e. The molecule has 0 fully saturated rings. The number of fused-ring (bicyclic) bond motifs is 1. The van der Waals surface area contributed by atoms with Crippen LogP contribution in [0.3, 0.4) is 0 Å². The van der Waals surface area contributed by atoms with E-state index in [2.05, 4.69) is 15.9 Å². The predicted octanol–water partition coefficient (Wildman–Crippen LogP) is 3.31. The highest BCUT2D eigenvalue weighted by molar-refractivity contribution is 9.10. The van der Waals surface area contributed by atoms with E-state index in [1.165, 1.54) is 6.07 Å². The maximum atomic E-state index is 14.1. The standard InChI is InChI=1S/C15H21BrFNO3/c1-15(2)14(19)18(6-4-5-7-20-3)12-9-10(16)8-11(17)13(12)21-15/h8-9,14,19H,4-7H2,1-3H3. The SMILES string of the molecule is COCCCCN1c2cc(Br)cc(F)c2OC(C)(C)C1O. The van der Waals surface area contributed by atoms with Crippen LogP contribution in [0, 0.1) is 5.82 Å². The van der Waals surface area contributed by atoms with Crippen LogP contribution < -0.4 is 9.64 Å². The van der Waals surface area contributed by atoms with Gasteiger partial charge in [-0.2, -0.15) is 0 Å². The number of nitrogens with zero attached hydrogens (tertiary/aromatic N) is 1. The Labute approximate surface area is 133 Å². The average molecular weight is 362 g/mol. The molecule has 0 aliphatic carbocycles. The fraction of sp³-hybridized carbons (Fsp3) is 0.600. The third-order valence-corrected chi connectivity index (χ3v) is 4.04. The van der Waals surface area contributed by atoms with Crippen LogP contribution in [0.4, 0.5) is 10.1 Å². The average Bonchev–Trinajstić information content (AvgIpc) is 2.40. The molecule has 1 aromatic rings. The van der Waals surface area contributed by atoms with Crippen molar-refractivity contribution in [2.24, 2.45) is 0 Å². The number of benzene rings is 1. The van der Waals surface area contributed by atoms with E-state index in [4.69, 9.17) is 9.47 Å². The van der Waals surface area contributed by atoms with E-state index in [-0.39, 0.29) is 5.75 Å². The van der Waals surface area contributed by atoms with Gasteiger partial charge >= 0.3 is 0 Å². The summed E-state index contributed by atoms with van der Waals surface area (Å²) in [6.07, 6.45) is 0.891. The second-order valence-electron chi connectivity index (χ2n) is 5.71. The molecule has 1 aromatic carbocycles. The molecular weight excluding hydrogens is 341 g/mol.